The van der Waals surface area contributed by atoms with E-state index in [0.717, 1.165) is 43.6 Å². The third kappa shape index (κ3) is 1.60. The minimum Gasteiger partial charge on any atom is -0.466 e. The Morgan fingerprint density at radius 3 is 3.04 bits per heavy atom. The molecule has 1 spiro atoms. The number of carbonyl (C=O) groups is 1. The molecule has 2 fully saturated rings. The summed E-state index contributed by atoms with van der Waals surface area (Å²) in [5.41, 5.74) is 4.62. The average molecular weight is 324 g/mol. The number of ether oxygens (including phenoxy) is 1. The van der Waals surface area contributed by atoms with Crippen LogP contribution >= 0.6 is 0 Å². The molecule has 4 atom stereocenters. The van der Waals surface area contributed by atoms with E-state index in [9.17, 15) is 4.79 Å². The van der Waals surface area contributed by atoms with Crippen LogP contribution in [-0.4, -0.2) is 37.1 Å². The van der Waals surface area contributed by atoms with Gasteiger partial charge in [0.1, 0.15) is 0 Å². The van der Waals surface area contributed by atoms with Gasteiger partial charge < -0.3 is 10.1 Å². The summed E-state index contributed by atoms with van der Waals surface area (Å²) in [6.07, 6.45) is 3.34. The number of esters is 1. The highest BCUT2D eigenvalue weighted by Crippen LogP contribution is 2.60. The standard InChI is InChI=1S/C20H24N2O2/c1-3-12-11-22-9-8-20-10-15(22)16(12)17(19(23)24-2)18(20)21-14-7-5-4-6-13(14)20/h4-7,12,15-16,21H,3,8-11H2,1-2H3. The van der Waals surface area contributed by atoms with Crippen LogP contribution in [0, 0.1) is 11.8 Å². The third-order valence-electron chi connectivity index (χ3n) is 6.96. The first-order valence-corrected chi connectivity index (χ1v) is 9.13. The van der Waals surface area contributed by atoms with E-state index in [4.69, 9.17) is 4.74 Å². The zero-order valence-corrected chi connectivity index (χ0v) is 14.3. The van der Waals surface area contributed by atoms with E-state index in [-0.39, 0.29) is 11.4 Å². The van der Waals surface area contributed by atoms with Crippen molar-refractivity contribution in [2.24, 2.45) is 11.8 Å². The molecule has 4 nitrogen and oxygen atoms in total. The number of hydrogen-bond donors (Lipinski definition) is 1. The first-order valence-electron chi connectivity index (χ1n) is 9.13. The van der Waals surface area contributed by atoms with Gasteiger partial charge in [0.25, 0.3) is 0 Å². The van der Waals surface area contributed by atoms with Crippen molar-refractivity contribution in [2.75, 3.05) is 25.5 Å². The first kappa shape index (κ1) is 14.5. The largest absolute Gasteiger partial charge is 0.466 e. The number of anilines is 1. The van der Waals surface area contributed by atoms with Gasteiger partial charge in [-0.2, -0.15) is 0 Å². The molecule has 1 aromatic rings. The second-order valence-corrected chi connectivity index (χ2v) is 7.74. The molecule has 24 heavy (non-hydrogen) atoms. The summed E-state index contributed by atoms with van der Waals surface area (Å²) in [6, 6.07) is 9.06. The number of benzene rings is 1. The Balaban J connectivity index is 1.77. The van der Waals surface area contributed by atoms with Gasteiger partial charge in [-0.3, -0.25) is 4.90 Å². The summed E-state index contributed by atoms with van der Waals surface area (Å²) >= 11 is 0. The molecule has 0 radical (unpaired) electrons. The van der Waals surface area contributed by atoms with Crippen LogP contribution in [0.1, 0.15) is 31.7 Å². The van der Waals surface area contributed by atoms with Gasteiger partial charge in [-0.25, -0.2) is 4.79 Å². The van der Waals surface area contributed by atoms with Crippen LogP contribution in [0.2, 0.25) is 0 Å². The van der Waals surface area contributed by atoms with E-state index in [1.165, 1.54) is 18.4 Å². The highest BCUT2D eigenvalue weighted by atomic mass is 16.5. The molecule has 2 bridgehead atoms. The van der Waals surface area contributed by atoms with Crippen LogP contribution in [0.25, 0.3) is 0 Å². The molecule has 2 saturated heterocycles. The number of carbonyl (C=O) groups excluding carboxylic acids is 1. The van der Waals surface area contributed by atoms with Gasteiger partial charge in [-0.05, 0) is 36.9 Å². The number of allylic oxidation sites excluding steroid dienone is 1. The summed E-state index contributed by atoms with van der Waals surface area (Å²) in [5.74, 6) is 0.734. The number of rotatable bonds is 2. The van der Waals surface area contributed by atoms with Gasteiger partial charge in [0.05, 0.1) is 12.7 Å². The van der Waals surface area contributed by atoms with E-state index in [2.05, 4.69) is 41.4 Å². The van der Waals surface area contributed by atoms with Crippen LogP contribution in [0.15, 0.2) is 35.5 Å². The topological polar surface area (TPSA) is 41.6 Å². The van der Waals surface area contributed by atoms with Crippen LogP contribution in [0.3, 0.4) is 0 Å². The molecule has 3 heterocycles. The lowest BCUT2D eigenvalue weighted by molar-refractivity contribution is -0.137. The number of hydrogen-bond acceptors (Lipinski definition) is 4. The average Bonchev–Trinajstić information content (AvgIpc) is 3.15. The van der Waals surface area contributed by atoms with Crippen molar-refractivity contribution >= 4 is 11.7 Å². The van der Waals surface area contributed by atoms with Crippen LogP contribution < -0.4 is 5.32 Å². The molecule has 4 heteroatoms. The monoisotopic (exact) mass is 324 g/mol. The van der Waals surface area contributed by atoms with E-state index in [0.29, 0.717) is 17.9 Å². The molecule has 126 valence electrons. The maximum Gasteiger partial charge on any atom is 0.335 e. The minimum absolute atomic E-state index is 0.0135. The fraction of sp³-hybridized carbons (Fsp3) is 0.550. The maximum atomic E-state index is 12.8. The smallest absolute Gasteiger partial charge is 0.335 e. The van der Waals surface area contributed by atoms with Crippen molar-refractivity contribution < 1.29 is 9.53 Å². The molecule has 1 N–H and O–H groups in total. The molecule has 0 aromatic heterocycles. The number of nitrogens with one attached hydrogen (secondary N) is 1. The summed E-state index contributed by atoms with van der Waals surface area (Å²) in [7, 11) is 1.52. The summed E-state index contributed by atoms with van der Waals surface area (Å²) in [6.45, 7) is 4.50. The molecule has 4 aliphatic rings. The Morgan fingerprint density at radius 1 is 1.42 bits per heavy atom. The van der Waals surface area contributed by atoms with E-state index in [1.807, 2.05) is 0 Å². The van der Waals surface area contributed by atoms with Crippen LogP contribution in [-0.2, 0) is 14.9 Å². The molecular formula is C20H24N2O2. The fourth-order valence-electron chi connectivity index (χ4n) is 5.92. The van der Waals surface area contributed by atoms with Gasteiger partial charge >= 0.3 is 5.97 Å². The predicted octanol–water partition coefficient (Wildman–Crippen LogP) is 2.91. The Hall–Kier alpha value is -1.81. The lowest BCUT2D eigenvalue weighted by Gasteiger charge is -2.49. The number of nitrogens with zero attached hydrogens (tertiary/aromatic N) is 1. The lowest BCUT2D eigenvalue weighted by atomic mass is 9.61. The number of para-hydroxylation sites is 1. The highest BCUT2D eigenvalue weighted by molar-refractivity contribution is 5.93. The molecular weight excluding hydrogens is 300 g/mol. The fourth-order valence-corrected chi connectivity index (χ4v) is 5.92. The summed E-state index contributed by atoms with van der Waals surface area (Å²) in [4.78, 5) is 15.4. The van der Waals surface area contributed by atoms with E-state index in [1.54, 1.807) is 0 Å². The van der Waals surface area contributed by atoms with Crippen molar-refractivity contribution in [1.29, 1.82) is 0 Å². The van der Waals surface area contributed by atoms with Crippen molar-refractivity contribution in [3.63, 3.8) is 0 Å². The molecule has 3 aliphatic heterocycles. The van der Waals surface area contributed by atoms with E-state index >= 15 is 0 Å². The van der Waals surface area contributed by atoms with Gasteiger partial charge in [-0.15, -0.1) is 0 Å². The summed E-state index contributed by atoms with van der Waals surface area (Å²) in [5, 5.41) is 3.64. The van der Waals surface area contributed by atoms with Gasteiger partial charge in [0.15, 0.2) is 0 Å². The van der Waals surface area contributed by atoms with Crippen molar-refractivity contribution in [2.45, 2.75) is 37.6 Å². The van der Waals surface area contributed by atoms with Gasteiger partial charge in [-0.1, -0.05) is 31.5 Å². The van der Waals surface area contributed by atoms with Crippen molar-refractivity contribution in [1.82, 2.24) is 4.90 Å². The zero-order valence-electron chi connectivity index (χ0n) is 14.3. The Labute approximate surface area is 142 Å². The van der Waals surface area contributed by atoms with Gasteiger partial charge in [0, 0.05) is 35.3 Å². The molecule has 5 rings (SSSR count). The Kier molecular flexibility index (Phi) is 2.94. The normalized spacial score (nSPS) is 36.2. The molecule has 1 aromatic carbocycles. The number of methoxy groups -OCH3 is 1. The second kappa shape index (κ2) is 4.85. The van der Waals surface area contributed by atoms with Crippen LogP contribution in [0.4, 0.5) is 5.69 Å². The van der Waals surface area contributed by atoms with Crippen molar-refractivity contribution in [3.05, 3.63) is 41.1 Å². The number of fused-ring (bicyclic) bond motifs is 1. The molecule has 1 aliphatic carbocycles. The quantitative estimate of drug-likeness (QED) is 0.850. The molecule has 4 unspecified atom stereocenters. The summed E-state index contributed by atoms with van der Waals surface area (Å²) < 4.78 is 5.25. The predicted molar refractivity (Wildman–Crippen MR) is 92.7 cm³/mol. The van der Waals surface area contributed by atoms with Crippen LogP contribution in [0.5, 0.6) is 0 Å². The molecule has 0 amide bonds. The second-order valence-electron chi connectivity index (χ2n) is 7.74. The Bertz CT molecular complexity index is 756. The highest BCUT2D eigenvalue weighted by Gasteiger charge is 2.60. The Morgan fingerprint density at radius 2 is 2.25 bits per heavy atom. The first-order chi connectivity index (χ1) is 11.7. The molecule has 0 saturated carbocycles. The maximum absolute atomic E-state index is 12.8. The zero-order chi connectivity index (χ0) is 16.5. The van der Waals surface area contributed by atoms with Gasteiger partial charge in [0.2, 0.25) is 0 Å². The minimum atomic E-state index is -0.133. The third-order valence-corrected chi connectivity index (χ3v) is 6.96. The lowest BCUT2D eigenvalue weighted by Crippen LogP contribution is -2.52. The van der Waals surface area contributed by atoms with Crippen molar-refractivity contribution in [3.8, 4) is 0 Å². The number of piperidine rings is 1. The van der Waals surface area contributed by atoms with E-state index < -0.39 is 0 Å². The SMILES string of the molecule is CCC1CN2CCC34CC2C1C(C(=O)OC)=C3Nc1ccccc14.